The quantitative estimate of drug-likeness (QED) is 0.147. The third-order valence-electron chi connectivity index (χ3n) is 14.6. The third kappa shape index (κ3) is 6.36. The highest BCUT2D eigenvalue weighted by atomic mass is 32.1. The van der Waals surface area contributed by atoms with Gasteiger partial charge in [0.25, 0.3) is 0 Å². The van der Waals surface area contributed by atoms with E-state index < -0.39 is 5.41 Å². The largest absolute Gasteiger partial charge is 0.310 e. The second-order valence-electron chi connectivity index (χ2n) is 18.3. The summed E-state index contributed by atoms with van der Waals surface area (Å²) in [7, 11) is 0. The number of anilines is 3. The zero-order valence-corrected chi connectivity index (χ0v) is 39.7. The molecule has 0 unspecified atom stereocenters. The predicted octanol–water partition coefficient (Wildman–Crippen LogP) is 19.3. The molecule has 0 atom stereocenters. The van der Waals surface area contributed by atoms with Crippen molar-refractivity contribution in [3.8, 4) is 44.5 Å². The Morgan fingerprint density at radius 3 is 1.36 bits per heavy atom. The van der Waals surface area contributed by atoms with E-state index in [1.54, 1.807) is 0 Å². The fourth-order valence-corrected chi connectivity index (χ4v) is 13.9. The van der Waals surface area contributed by atoms with Crippen LogP contribution in [0.3, 0.4) is 0 Å². The molecule has 0 bridgehead atoms. The Labute approximate surface area is 415 Å². The predicted molar refractivity (Wildman–Crippen MR) is 301 cm³/mol. The van der Waals surface area contributed by atoms with E-state index in [0.717, 1.165) is 17.1 Å². The maximum absolute atomic E-state index is 2.43. The van der Waals surface area contributed by atoms with Crippen molar-refractivity contribution in [3.05, 3.63) is 283 Å². The molecule has 3 heteroatoms. The molecule has 11 aromatic carbocycles. The van der Waals surface area contributed by atoms with Gasteiger partial charge in [0, 0.05) is 57.4 Å². The number of nitrogens with zero attached hydrogens (tertiary/aromatic N) is 1. The molecule has 0 aliphatic heterocycles. The zero-order chi connectivity index (χ0) is 46.2. The average molecular weight is 926 g/mol. The van der Waals surface area contributed by atoms with Crippen molar-refractivity contribution in [1.82, 2.24) is 0 Å². The highest BCUT2D eigenvalue weighted by molar-refractivity contribution is 7.26. The molecule has 70 heavy (non-hydrogen) atoms. The minimum atomic E-state index is -0.467. The molecule has 0 saturated heterocycles. The van der Waals surface area contributed by atoms with Crippen LogP contribution in [0.15, 0.2) is 261 Å². The molecule has 13 aromatic rings. The van der Waals surface area contributed by atoms with Crippen LogP contribution in [-0.4, -0.2) is 0 Å². The monoisotopic (exact) mass is 925 g/mol. The molecule has 2 heterocycles. The van der Waals surface area contributed by atoms with Gasteiger partial charge in [0.2, 0.25) is 0 Å². The summed E-state index contributed by atoms with van der Waals surface area (Å²) in [6.45, 7) is 0. The molecule has 2 aromatic heterocycles. The lowest BCUT2D eigenvalue weighted by Gasteiger charge is -2.34. The van der Waals surface area contributed by atoms with E-state index in [9.17, 15) is 0 Å². The summed E-state index contributed by atoms with van der Waals surface area (Å²) in [5.74, 6) is 0. The normalized spacial score (nSPS) is 12.7. The standard InChI is InChI=1S/C67H43NS2/c1-3-18-48(19-4-1)67(49-20-5-2-6-21-49)61-29-10-7-22-55(61)60-43-52(40-41-62(60)67)68(51-38-34-45(35-39-51)53-25-14-27-58-56-23-8-11-30-63(56)69-65(53)58)50-36-32-44(33-37-50)46-16-13-17-47(42-46)54-26-15-28-59-57-24-9-12-31-64(57)70-66(54)59/h1-43H. The Morgan fingerprint density at radius 2 is 0.729 bits per heavy atom. The Hall–Kier alpha value is -8.34. The van der Waals surface area contributed by atoms with Gasteiger partial charge in [-0.05, 0) is 121 Å². The summed E-state index contributed by atoms with van der Waals surface area (Å²) in [6, 6.07) is 96.7. The first kappa shape index (κ1) is 40.7. The fraction of sp³-hybridized carbons (Fsp3) is 0.0149. The van der Waals surface area contributed by atoms with Crippen molar-refractivity contribution >= 4 is 80.1 Å². The number of thiophene rings is 2. The third-order valence-corrected chi connectivity index (χ3v) is 17.0. The molecule has 0 saturated carbocycles. The molecular formula is C67H43NS2. The first-order valence-electron chi connectivity index (χ1n) is 24.0. The second kappa shape index (κ2) is 16.4. The summed E-state index contributed by atoms with van der Waals surface area (Å²) in [6.07, 6.45) is 0. The van der Waals surface area contributed by atoms with Crippen molar-refractivity contribution in [2.75, 3.05) is 4.90 Å². The van der Waals surface area contributed by atoms with E-state index in [4.69, 9.17) is 0 Å². The smallest absolute Gasteiger partial charge is 0.0713 e. The molecule has 1 aliphatic rings. The lowest BCUT2D eigenvalue weighted by atomic mass is 9.68. The number of fused-ring (bicyclic) bond motifs is 9. The molecule has 0 amide bonds. The summed E-state index contributed by atoms with van der Waals surface area (Å²) < 4.78 is 5.30. The van der Waals surface area contributed by atoms with Crippen molar-refractivity contribution < 1.29 is 0 Å². The van der Waals surface area contributed by atoms with Gasteiger partial charge in [0.15, 0.2) is 0 Å². The fourth-order valence-electron chi connectivity index (χ4n) is 11.4. The Bertz CT molecular complexity index is 4070. The van der Waals surface area contributed by atoms with Crippen molar-refractivity contribution in [3.63, 3.8) is 0 Å². The van der Waals surface area contributed by atoms with E-state index in [-0.39, 0.29) is 0 Å². The Morgan fingerprint density at radius 1 is 0.271 bits per heavy atom. The number of hydrogen-bond donors (Lipinski definition) is 0. The molecule has 1 aliphatic carbocycles. The van der Waals surface area contributed by atoms with Crippen LogP contribution in [-0.2, 0) is 5.41 Å². The van der Waals surface area contributed by atoms with Crippen LogP contribution in [0.1, 0.15) is 22.3 Å². The van der Waals surface area contributed by atoms with Crippen LogP contribution >= 0.6 is 22.7 Å². The van der Waals surface area contributed by atoms with Crippen LogP contribution in [0.5, 0.6) is 0 Å². The van der Waals surface area contributed by atoms with E-state index in [0.29, 0.717) is 0 Å². The van der Waals surface area contributed by atoms with Crippen molar-refractivity contribution in [1.29, 1.82) is 0 Å². The molecule has 0 radical (unpaired) electrons. The lowest BCUT2D eigenvalue weighted by Crippen LogP contribution is -2.28. The average Bonchev–Trinajstić information content (AvgIpc) is 4.11. The second-order valence-corrected chi connectivity index (χ2v) is 20.4. The highest BCUT2D eigenvalue weighted by Gasteiger charge is 2.46. The first-order valence-corrected chi connectivity index (χ1v) is 25.6. The van der Waals surface area contributed by atoms with Gasteiger partial charge in [0.1, 0.15) is 0 Å². The molecule has 0 N–H and O–H groups in total. The van der Waals surface area contributed by atoms with Crippen LogP contribution < -0.4 is 4.90 Å². The minimum absolute atomic E-state index is 0.467. The minimum Gasteiger partial charge on any atom is -0.310 e. The molecule has 0 fully saturated rings. The highest BCUT2D eigenvalue weighted by Crippen LogP contribution is 2.57. The van der Waals surface area contributed by atoms with E-state index in [2.05, 4.69) is 266 Å². The number of benzene rings is 11. The zero-order valence-electron chi connectivity index (χ0n) is 38.1. The van der Waals surface area contributed by atoms with Gasteiger partial charge in [0.05, 0.1) is 5.41 Å². The van der Waals surface area contributed by atoms with Gasteiger partial charge in [-0.15, -0.1) is 22.7 Å². The van der Waals surface area contributed by atoms with Gasteiger partial charge in [-0.1, -0.05) is 206 Å². The van der Waals surface area contributed by atoms with Gasteiger partial charge in [-0.3, -0.25) is 0 Å². The maximum Gasteiger partial charge on any atom is 0.0713 e. The van der Waals surface area contributed by atoms with Crippen molar-refractivity contribution in [2.24, 2.45) is 0 Å². The van der Waals surface area contributed by atoms with Crippen LogP contribution in [0.4, 0.5) is 17.1 Å². The van der Waals surface area contributed by atoms with Gasteiger partial charge < -0.3 is 4.90 Å². The topological polar surface area (TPSA) is 3.24 Å². The Kier molecular flexibility index (Phi) is 9.55. The summed E-state index contributed by atoms with van der Waals surface area (Å²) in [4.78, 5) is 2.43. The molecule has 0 spiro atoms. The lowest BCUT2D eigenvalue weighted by molar-refractivity contribution is 0.768. The summed E-state index contributed by atoms with van der Waals surface area (Å²) >= 11 is 3.76. The van der Waals surface area contributed by atoms with E-state index in [1.165, 1.54) is 107 Å². The van der Waals surface area contributed by atoms with Gasteiger partial charge >= 0.3 is 0 Å². The van der Waals surface area contributed by atoms with Crippen molar-refractivity contribution in [2.45, 2.75) is 5.41 Å². The van der Waals surface area contributed by atoms with Crippen LogP contribution in [0.2, 0.25) is 0 Å². The Balaban J connectivity index is 0.903. The van der Waals surface area contributed by atoms with Crippen LogP contribution in [0.25, 0.3) is 84.9 Å². The molecule has 1 nitrogen and oxygen atoms in total. The number of hydrogen-bond acceptors (Lipinski definition) is 3. The molecule has 14 rings (SSSR count). The maximum atomic E-state index is 2.43. The number of rotatable bonds is 8. The first-order chi connectivity index (χ1) is 34.7. The summed E-state index contributed by atoms with van der Waals surface area (Å²) in [5, 5.41) is 5.27. The summed E-state index contributed by atoms with van der Waals surface area (Å²) in [5.41, 5.74) is 17.8. The molecular weight excluding hydrogens is 883 g/mol. The van der Waals surface area contributed by atoms with Gasteiger partial charge in [-0.2, -0.15) is 0 Å². The SMILES string of the molecule is c1ccc(C2(c3ccccc3)c3ccccc3-c3cc(N(c4ccc(-c5cccc(-c6cccc7c6sc6ccccc67)c5)cc4)c4ccc(-c5cccc6c5sc5ccccc56)cc4)ccc32)cc1. The molecule has 328 valence electrons. The van der Waals surface area contributed by atoms with E-state index >= 15 is 0 Å². The van der Waals surface area contributed by atoms with E-state index in [1.807, 2.05) is 22.7 Å². The van der Waals surface area contributed by atoms with Crippen LogP contribution in [0, 0.1) is 0 Å². The van der Waals surface area contributed by atoms with Gasteiger partial charge in [-0.25, -0.2) is 0 Å².